The van der Waals surface area contributed by atoms with Crippen molar-refractivity contribution in [1.29, 1.82) is 0 Å². The van der Waals surface area contributed by atoms with Crippen molar-refractivity contribution in [3.63, 3.8) is 0 Å². The van der Waals surface area contributed by atoms with Crippen LogP contribution in [0.4, 0.5) is 19.4 Å². The van der Waals surface area contributed by atoms with Crippen molar-refractivity contribution in [1.82, 2.24) is 0 Å². The molecule has 0 heterocycles. The van der Waals surface area contributed by atoms with Crippen LogP contribution in [-0.4, -0.2) is 13.1 Å². The maximum Gasteiger partial charge on any atom is 0.337 e. The second kappa shape index (κ2) is 8.21. The highest BCUT2D eigenvalue weighted by molar-refractivity contribution is 8.48. The highest BCUT2D eigenvalue weighted by Gasteiger charge is 2.66. The van der Waals surface area contributed by atoms with Crippen LogP contribution >= 0.6 is 10.2 Å². The Bertz CT molecular complexity index is 899. The standard InChI is InChI=1S/C22H29F5O2S/c1-8-9-19(30(23,24,25,26)27)11-10-14(2)12-20-15(3)13-16(4)21(17(20)5)18(6)22(28)29-7/h8-9,13-14H,1,6,10-12H2,2-5,7H3. The minimum Gasteiger partial charge on any atom is -0.465 e. The van der Waals surface area contributed by atoms with Gasteiger partial charge in [-0.2, -0.15) is 0 Å². The zero-order chi connectivity index (χ0) is 23.6. The Hall–Kier alpha value is -2.09. The second-order valence-corrected chi connectivity index (χ2v) is 10.1. The maximum absolute atomic E-state index is 13.2. The van der Waals surface area contributed by atoms with Gasteiger partial charge in [0.1, 0.15) is 0 Å². The average molecular weight is 453 g/mol. The minimum atomic E-state index is -9.72. The third-order valence-electron chi connectivity index (χ3n) is 5.10. The lowest BCUT2D eigenvalue weighted by atomic mass is 9.85. The number of methoxy groups -OCH3 is 1. The Morgan fingerprint density at radius 2 is 1.73 bits per heavy atom. The summed E-state index contributed by atoms with van der Waals surface area (Å²) in [4.78, 5) is 10.1. The molecule has 0 spiro atoms. The Kier molecular flexibility index (Phi) is 7.10. The third kappa shape index (κ3) is 6.45. The van der Waals surface area contributed by atoms with Crippen LogP contribution in [0.5, 0.6) is 0 Å². The van der Waals surface area contributed by atoms with Crippen LogP contribution in [0.25, 0.3) is 5.57 Å². The zero-order valence-electron chi connectivity index (χ0n) is 18.0. The van der Waals surface area contributed by atoms with Crippen molar-refractivity contribution in [2.75, 3.05) is 7.11 Å². The van der Waals surface area contributed by atoms with Crippen molar-refractivity contribution in [3.8, 4) is 0 Å². The van der Waals surface area contributed by atoms with Gasteiger partial charge in [-0.15, -0.1) is 0 Å². The highest BCUT2D eigenvalue weighted by Crippen LogP contribution is 3.02. The van der Waals surface area contributed by atoms with E-state index in [2.05, 4.69) is 13.2 Å². The lowest BCUT2D eigenvalue weighted by molar-refractivity contribution is -0.133. The quantitative estimate of drug-likeness (QED) is 0.164. The first-order valence-corrected chi connectivity index (χ1v) is 11.3. The number of hydrogen-bond donors (Lipinski definition) is 0. The molecule has 0 bridgehead atoms. The number of hydrogen-bond acceptors (Lipinski definition) is 2. The molecule has 0 radical (unpaired) electrons. The summed E-state index contributed by atoms with van der Waals surface area (Å²) in [7, 11) is -8.47. The summed E-state index contributed by atoms with van der Waals surface area (Å²) in [6.45, 7) is 14.1. The summed E-state index contributed by atoms with van der Waals surface area (Å²) in [6.07, 6.45) is 0.593. The molecule has 170 valence electrons. The number of aryl methyl sites for hydroxylation is 2. The Balaban J connectivity index is 3.17. The van der Waals surface area contributed by atoms with E-state index < -0.39 is 27.5 Å². The van der Waals surface area contributed by atoms with Gasteiger partial charge >= 0.3 is 16.2 Å². The molecule has 0 fully saturated rings. The van der Waals surface area contributed by atoms with Crippen molar-refractivity contribution in [2.24, 2.45) is 5.92 Å². The van der Waals surface area contributed by atoms with Crippen LogP contribution in [-0.2, 0) is 16.0 Å². The van der Waals surface area contributed by atoms with Gasteiger partial charge in [-0.25, -0.2) is 4.79 Å². The van der Waals surface area contributed by atoms with Gasteiger partial charge in [-0.05, 0) is 79.8 Å². The fourth-order valence-corrected chi connectivity index (χ4v) is 4.46. The normalized spacial score (nSPS) is 15.7. The molecule has 0 saturated heterocycles. The number of allylic oxidation sites excluding steroid dienone is 3. The van der Waals surface area contributed by atoms with E-state index in [1.165, 1.54) is 7.11 Å². The van der Waals surface area contributed by atoms with E-state index >= 15 is 0 Å². The van der Waals surface area contributed by atoms with Crippen molar-refractivity contribution < 1.29 is 29.0 Å². The van der Waals surface area contributed by atoms with E-state index in [1.807, 2.05) is 26.8 Å². The summed E-state index contributed by atoms with van der Waals surface area (Å²) >= 11 is 0. The van der Waals surface area contributed by atoms with E-state index in [-0.39, 0.29) is 17.9 Å². The minimum absolute atomic E-state index is 0.0781. The summed E-state index contributed by atoms with van der Waals surface area (Å²) in [5.41, 5.74) is 4.20. The molecule has 30 heavy (non-hydrogen) atoms. The molecular formula is C22H29F5O2S. The molecular weight excluding hydrogens is 423 g/mol. The molecule has 0 aliphatic rings. The Labute approximate surface area is 175 Å². The first-order chi connectivity index (χ1) is 13.4. The van der Waals surface area contributed by atoms with E-state index in [4.69, 9.17) is 4.74 Å². The second-order valence-electron chi connectivity index (χ2n) is 7.64. The van der Waals surface area contributed by atoms with Crippen LogP contribution in [0.3, 0.4) is 0 Å². The van der Waals surface area contributed by atoms with Gasteiger partial charge in [0.25, 0.3) is 0 Å². The highest BCUT2D eigenvalue weighted by atomic mass is 32.5. The van der Waals surface area contributed by atoms with Gasteiger partial charge in [0.05, 0.1) is 17.6 Å². The van der Waals surface area contributed by atoms with Crippen LogP contribution < -0.4 is 0 Å². The van der Waals surface area contributed by atoms with Gasteiger partial charge in [-0.1, -0.05) is 51.7 Å². The van der Waals surface area contributed by atoms with Crippen LogP contribution in [0, 0.1) is 26.7 Å². The average Bonchev–Trinajstić information content (AvgIpc) is 2.58. The van der Waals surface area contributed by atoms with Crippen molar-refractivity contribution >= 4 is 21.8 Å². The molecule has 0 saturated carbocycles. The molecule has 0 aromatic heterocycles. The van der Waals surface area contributed by atoms with Crippen LogP contribution in [0.1, 0.15) is 47.6 Å². The van der Waals surface area contributed by atoms with E-state index in [0.717, 1.165) is 28.3 Å². The van der Waals surface area contributed by atoms with Crippen LogP contribution in [0.2, 0.25) is 0 Å². The van der Waals surface area contributed by atoms with Gasteiger partial charge in [0, 0.05) is 0 Å². The molecule has 1 aromatic rings. The molecule has 2 nitrogen and oxygen atoms in total. The van der Waals surface area contributed by atoms with E-state index in [0.29, 0.717) is 18.1 Å². The van der Waals surface area contributed by atoms with Gasteiger partial charge in [-0.3, -0.25) is 0 Å². The number of ether oxygens (including phenoxy) is 1. The SMILES string of the molecule is C=CC=C(CCC(C)Cc1c(C)cc(C)c(C(=C)C(=O)OC)c1C)S(F)(F)(F)(F)F. The predicted octanol–water partition coefficient (Wildman–Crippen LogP) is 8.13. The molecule has 1 aromatic carbocycles. The summed E-state index contributed by atoms with van der Waals surface area (Å²) < 4.78 is 70.7. The molecule has 1 unspecified atom stereocenters. The number of rotatable bonds is 9. The third-order valence-corrected chi connectivity index (χ3v) is 6.43. The zero-order valence-corrected chi connectivity index (χ0v) is 18.8. The lowest BCUT2D eigenvalue weighted by Crippen LogP contribution is -2.13. The van der Waals surface area contributed by atoms with Crippen LogP contribution in [0.15, 0.2) is 36.3 Å². The summed E-state index contributed by atoms with van der Waals surface area (Å²) in [6, 6.07) is 1.87. The molecule has 1 atom stereocenters. The Morgan fingerprint density at radius 3 is 2.20 bits per heavy atom. The van der Waals surface area contributed by atoms with Crippen molar-refractivity contribution in [3.05, 3.63) is 64.1 Å². The van der Waals surface area contributed by atoms with Gasteiger partial charge in [0.15, 0.2) is 0 Å². The molecule has 0 N–H and O–H groups in total. The lowest BCUT2D eigenvalue weighted by Gasteiger charge is -2.42. The summed E-state index contributed by atoms with van der Waals surface area (Å²) in [5, 5.41) is 0. The molecule has 1 rings (SSSR count). The van der Waals surface area contributed by atoms with Gasteiger partial charge in [0.2, 0.25) is 0 Å². The monoisotopic (exact) mass is 452 g/mol. The number of benzene rings is 1. The molecule has 0 aliphatic carbocycles. The fraction of sp³-hybridized carbons (Fsp3) is 0.409. The fourth-order valence-electron chi connectivity index (χ4n) is 3.61. The number of carbonyl (C=O) groups excluding carboxylic acids is 1. The smallest absolute Gasteiger partial charge is 0.337 e. The van der Waals surface area contributed by atoms with E-state index in [1.54, 1.807) is 6.92 Å². The topological polar surface area (TPSA) is 26.3 Å². The predicted molar refractivity (Wildman–Crippen MR) is 115 cm³/mol. The first-order valence-electron chi connectivity index (χ1n) is 9.35. The van der Waals surface area contributed by atoms with E-state index in [9.17, 15) is 24.2 Å². The summed E-state index contributed by atoms with van der Waals surface area (Å²) in [5.74, 6) is -0.878. The number of halogens is 5. The molecule has 0 aliphatic heterocycles. The first kappa shape index (κ1) is 25.9. The molecule has 8 heteroatoms. The molecule has 0 amide bonds. The Morgan fingerprint density at radius 1 is 1.17 bits per heavy atom. The number of esters is 1. The van der Waals surface area contributed by atoms with Crippen molar-refractivity contribution in [2.45, 2.75) is 47.0 Å². The van der Waals surface area contributed by atoms with Gasteiger partial charge < -0.3 is 4.74 Å². The number of carbonyl (C=O) groups is 1. The maximum atomic E-state index is 13.2. The largest absolute Gasteiger partial charge is 0.465 e.